The normalized spacial score (nSPS) is 11.3. The van der Waals surface area contributed by atoms with E-state index in [0.29, 0.717) is 15.4 Å². The molecular weight excluding hydrogens is 392 g/mol. The highest BCUT2D eigenvalue weighted by Gasteiger charge is 2.20. The number of H-pyrrole nitrogens is 1. The van der Waals surface area contributed by atoms with E-state index in [9.17, 15) is 20.0 Å². The van der Waals surface area contributed by atoms with Crippen LogP contribution in [0.2, 0.25) is 0 Å². The molecule has 1 heterocycles. The number of aromatic amines is 1. The number of benzene rings is 2. The molecule has 0 saturated heterocycles. The van der Waals surface area contributed by atoms with E-state index in [4.69, 9.17) is 0 Å². The number of aromatic hydroxyl groups is 1. The lowest BCUT2D eigenvalue weighted by Gasteiger charge is -2.00. The van der Waals surface area contributed by atoms with Crippen LogP contribution in [0.5, 0.6) is 5.88 Å². The molecule has 0 saturated carbocycles. The lowest BCUT2D eigenvalue weighted by Crippen LogP contribution is -2.00. The number of hydrogen-bond donors (Lipinski definition) is 2. The number of hydrogen-bond acceptors (Lipinski definition) is 5. The minimum atomic E-state index is -0.871. The first-order valence-corrected chi connectivity index (χ1v) is 7.88. The summed E-state index contributed by atoms with van der Waals surface area (Å²) in [5, 5.41) is 28.9. The number of nitrogens with zero attached hydrogens (tertiary/aromatic N) is 3. The summed E-state index contributed by atoms with van der Waals surface area (Å²) in [7, 11) is 0. The number of para-hydroxylation sites is 1. The van der Waals surface area contributed by atoms with E-state index in [2.05, 4.69) is 31.1 Å². The zero-order valence-corrected chi connectivity index (χ0v) is 14.4. The van der Waals surface area contributed by atoms with Crippen molar-refractivity contribution in [2.24, 2.45) is 10.2 Å². The summed E-state index contributed by atoms with van der Waals surface area (Å²) < 4.78 is 0.702. The third kappa shape index (κ3) is 3.01. The number of carbonyl (C=O) groups excluding carboxylic acids is 1. The fourth-order valence-corrected chi connectivity index (χ4v) is 2.91. The Hall–Kier alpha value is -3.07. The number of nitrogens with one attached hydrogen (secondary N) is 1. The molecule has 25 heavy (non-hydrogen) atoms. The number of halogens is 1. The molecule has 3 rings (SSSR count). The van der Waals surface area contributed by atoms with Crippen molar-refractivity contribution in [2.45, 2.75) is 6.92 Å². The van der Waals surface area contributed by atoms with Crippen molar-refractivity contribution in [3.63, 3.8) is 0 Å². The maximum Gasteiger partial charge on any atom is 0.302 e. The Bertz CT molecular complexity index is 1040. The van der Waals surface area contributed by atoms with E-state index in [1.165, 1.54) is 24.3 Å². The van der Waals surface area contributed by atoms with Gasteiger partial charge in [-0.3, -0.25) is 14.9 Å². The Kier molecular flexibility index (Phi) is 4.32. The number of rotatable bonds is 3. The summed E-state index contributed by atoms with van der Waals surface area (Å²) in [6, 6.07) is 9.08. The molecule has 1 amide bonds. The highest BCUT2D eigenvalue weighted by Crippen LogP contribution is 2.41. The van der Waals surface area contributed by atoms with Gasteiger partial charge in [0.15, 0.2) is 5.69 Å². The van der Waals surface area contributed by atoms with Gasteiger partial charge in [0.2, 0.25) is 5.88 Å². The molecule has 0 atom stereocenters. The second-order valence-corrected chi connectivity index (χ2v) is 6.01. The van der Waals surface area contributed by atoms with Crippen LogP contribution in [0.4, 0.5) is 11.4 Å². The van der Waals surface area contributed by atoms with Crippen molar-refractivity contribution in [3.05, 3.63) is 62.1 Å². The number of carbonyl (C=O) groups is 1. The summed E-state index contributed by atoms with van der Waals surface area (Å²) in [6.45, 7) is 1.87. The van der Waals surface area contributed by atoms with E-state index in [1.807, 2.05) is 13.0 Å². The maximum atomic E-state index is 12.2. The first kappa shape index (κ1) is 16.8. The SMILES string of the molecule is Cc1ccc2[nH]c(O)c(N=NC(=O)c3ccccc3[N+](=O)[O-])c2c1Br. The minimum absolute atomic E-state index is 0.0810. The number of nitro groups is 1. The van der Waals surface area contributed by atoms with Gasteiger partial charge in [0, 0.05) is 15.9 Å². The van der Waals surface area contributed by atoms with Gasteiger partial charge in [-0.05, 0) is 40.5 Å². The first-order chi connectivity index (χ1) is 11.9. The molecule has 8 nitrogen and oxygen atoms in total. The van der Waals surface area contributed by atoms with Crippen LogP contribution in [0.3, 0.4) is 0 Å². The molecule has 126 valence electrons. The molecule has 1 aromatic heterocycles. The monoisotopic (exact) mass is 402 g/mol. The summed E-state index contributed by atoms with van der Waals surface area (Å²) in [6.07, 6.45) is 0. The van der Waals surface area contributed by atoms with Gasteiger partial charge in [-0.25, -0.2) is 0 Å². The molecule has 0 bridgehead atoms. The third-order valence-corrected chi connectivity index (χ3v) is 4.64. The molecule has 2 N–H and O–H groups in total. The fraction of sp³-hybridized carbons (Fsp3) is 0.0625. The van der Waals surface area contributed by atoms with Crippen LogP contribution in [0.15, 0.2) is 51.1 Å². The molecule has 0 aliphatic heterocycles. The predicted molar refractivity (Wildman–Crippen MR) is 94.3 cm³/mol. The lowest BCUT2D eigenvalue weighted by atomic mass is 10.1. The van der Waals surface area contributed by atoms with Crippen molar-refractivity contribution in [2.75, 3.05) is 0 Å². The van der Waals surface area contributed by atoms with Crippen molar-refractivity contribution < 1.29 is 14.8 Å². The maximum absolute atomic E-state index is 12.2. The average Bonchev–Trinajstić information content (AvgIpc) is 2.92. The Morgan fingerprint density at radius 2 is 2.00 bits per heavy atom. The van der Waals surface area contributed by atoms with Gasteiger partial charge in [0.05, 0.1) is 10.4 Å². The molecule has 0 unspecified atom stereocenters. The summed E-state index contributed by atoms with van der Waals surface area (Å²) in [4.78, 5) is 25.3. The van der Waals surface area contributed by atoms with Crippen LogP contribution in [0, 0.1) is 17.0 Å². The molecule has 3 aromatic rings. The van der Waals surface area contributed by atoms with Crippen LogP contribution >= 0.6 is 15.9 Å². The number of azo groups is 1. The standard InChI is InChI=1S/C16H11BrN4O4/c1-8-6-7-10-12(13(8)17)14(16(23)18-10)19-20-15(22)9-4-2-3-5-11(9)21(24)25/h2-7,18,23H,1H3. The molecule has 9 heteroatoms. The van der Waals surface area contributed by atoms with Gasteiger partial charge < -0.3 is 10.1 Å². The summed E-state index contributed by atoms with van der Waals surface area (Å²) >= 11 is 3.42. The van der Waals surface area contributed by atoms with Gasteiger partial charge >= 0.3 is 5.91 Å². The van der Waals surface area contributed by atoms with Gasteiger partial charge in [-0.15, -0.1) is 10.2 Å². The van der Waals surface area contributed by atoms with Crippen molar-refractivity contribution in [3.8, 4) is 5.88 Å². The molecule has 0 radical (unpaired) electrons. The quantitative estimate of drug-likeness (QED) is 0.371. The predicted octanol–water partition coefficient (Wildman–Crippen LogP) is 4.78. The van der Waals surface area contributed by atoms with E-state index < -0.39 is 10.8 Å². The molecule has 2 aromatic carbocycles. The Morgan fingerprint density at radius 1 is 1.28 bits per heavy atom. The molecule has 0 spiro atoms. The Labute approximate surface area is 149 Å². The number of aromatic nitrogens is 1. The second-order valence-electron chi connectivity index (χ2n) is 5.22. The van der Waals surface area contributed by atoms with Gasteiger partial charge in [-0.2, -0.15) is 0 Å². The van der Waals surface area contributed by atoms with Crippen molar-refractivity contribution >= 4 is 44.1 Å². The average molecular weight is 403 g/mol. The van der Waals surface area contributed by atoms with Gasteiger partial charge in [0.1, 0.15) is 5.56 Å². The molecule has 0 fully saturated rings. The van der Waals surface area contributed by atoms with E-state index >= 15 is 0 Å². The molecule has 0 aliphatic carbocycles. The Morgan fingerprint density at radius 3 is 2.72 bits per heavy atom. The summed E-state index contributed by atoms with van der Waals surface area (Å²) in [5.41, 5.74) is 1.07. The minimum Gasteiger partial charge on any atom is -0.493 e. The third-order valence-electron chi connectivity index (χ3n) is 3.62. The second kappa shape index (κ2) is 6.44. The number of fused-ring (bicyclic) bond motifs is 1. The first-order valence-electron chi connectivity index (χ1n) is 7.09. The zero-order chi connectivity index (χ0) is 18.1. The highest BCUT2D eigenvalue weighted by atomic mass is 79.9. The van der Waals surface area contributed by atoms with Crippen molar-refractivity contribution in [1.82, 2.24) is 4.98 Å². The highest BCUT2D eigenvalue weighted by molar-refractivity contribution is 9.10. The van der Waals surface area contributed by atoms with Crippen LogP contribution in [0.25, 0.3) is 10.9 Å². The summed E-state index contributed by atoms with van der Waals surface area (Å²) in [5.74, 6) is -1.12. The van der Waals surface area contributed by atoms with Crippen LogP contribution in [0.1, 0.15) is 15.9 Å². The number of aryl methyl sites for hydroxylation is 1. The Balaban J connectivity index is 2.05. The van der Waals surface area contributed by atoms with Crippen LogP contribution < -0.4 is 0 Å². The van der Waals surface area contributed by atoms with Crippen LogP contribution in [-0.4, -0.2) is 20.9 Å². The number of amides is 1. The van der Waals surface area contributed by atoms with E-state index in [1.54, 1.807) is 6.07 Å². The number of nitro benzene ring substituents is 1. The lowest BCUT2D eigenvalue weighted by molar-refractivity contribution is -0.385. The molecule has 0 aliphatic rings. The van der Waals surface area contributed by atoms with E-state index in [0.717, 1.165) is 5.56 Å². The molecular formula is C16H11BrN4O4. The van der Waals surface area contributed by atoms with Gasteiger partial charge in [-0.1, -0.05) is 18.2 Å². The fourth-order valence-electron chi connectivity index (χ4n) is 2.38. The zero-order valence-electron chi connectivity index (χ0n) is 12.9. The topological polar surface area (TPSA) is 121 Å². The van der Waals surface area contributed by atoms with Crippen molar-refractivity contribution in [1.29, 1.82) is 0 Å². The van der Waals surface area contributed by atoms with E-state index in [-0.39, 0.29) is 22.8 Å². The van der Waals surface area contributed by atoms with Gasteiger partial charge in [0.25, 0.3) is 5.69 Å². The largest absolute Gasteiger partial charge is 0.493 e. The van der Waals surface area contributed by atoms with Crippen LogP contribution in [-0.2, 0) is 0 Å². The smallest absolute Gasteiger partial charge is 0.302 e.